The Bertz CT molecular complexity index is 891. The number of aromatic nitrogens is 2. The van der Waals surface area contributed by atoms with E-state index in [0.29, 0.717) is 31.2 Å². The molecule has 1 aromatic carbocycles. The van der Waals surface area contributed by atoms with Gasteiger partial charge in [-0.25, -0.2) is 8.42 Å². The maximum absolute atomic E-state index is 13.0. The molecule has 2 heterocycles. The minimum atomic E-state index is -3.48. The molecule has 1 atom stereocenters. The summed E-state index contributed by atoms with van der Waals surface area (Å²) in [6.45, 7) is 4.60. The highest BCUT2D eigenvalue weighted by molar-refractivity contribution is 7.91. The van der Waals surface area contributed by atoms with Gasteiger partial charge in [0.15, 0.2) is 15.7 Å². The van der Waals surface area contributed by atoms with Crippen molar-refractivity contribution in [2.24, 2.45) is 0 Å². The fraction of sp³-hybridized carbons (Fsp3) is 0.500. The van der Waals surface area contributed by atoms with E-state index in [1.165, 1.54) is 6.07 Å². The monoisotopic (exact) mass is 377 g/mol. The Morgan fingerprint density at radius 2 is 2.12 bits per heavy atom. The van der Waals surface area contributed by atoms with Crippen LogP contribution in [-0.4, -0.2) is 48.2 Å². The van der Waals surface area contributed by atoms with E-state index in [4.69, 9.17) is 4.52 Å². The lowest BCUT2D eigenvalue weighted by Crippen LogP contribution is -2.39. The second-order valence-corrected chi connectivity index (χ2v) is 8.66. The van der Waals surface area contributed by atoms with Gasteiger partial charge in [-0.2, -0.15) is 4.98 Å². The molecule has 0 unspecified atom stereocenters. The van der Waals surface area contributed by atoms with Crippen molar-refractivity contribution in [2.45, 2.75) is 43.9 Å². The molecule has 0 bridgehead atoms. The van der Waals surface area contributed by atoms with Gasteiger partial charge in [-0.05, 0) is 38.3 Å². The number of likely N-dealkylation sites (tertiary alicyclic amines) is 1. The maximum atomic E-state index is 13.0. The topological polar surface area (TPSA) is 93.4 Å². The molecule has 2 aromatic rings. The van der Waals surface area contributed by atoms with E-state index in [1.807, 2.05) is 6.92 Å². The summed E-state index contributed by atoms with van der Waals surface area (Å²) in [7, 11) is -3.48. The number of piperidine rings is 1. The van der Waals surface area contributed by atoms with E-state index in [2.05, 4.69) is 10.1 Å². The summed E-state index contributed by atoms with van der Waals surface area (Å²) in [4.78, 5) is 19.1. The fourth-order valence-corrected chi connectivity index (χ4v) is 4.84. The number of carbonyl (C=O) groups excluding carboxylic acids is 1. The Balaban J connectivity index is 1.85. The Morgan fingerprint density at radius 3 is 2.81 bits per heavy atom. The van der Waals surface area contributed by atoms with Gasteiger partial charge >= 0.3 is 0 Å². The number of nitrogens with zero attached hydrogens (tertiary/aromatic N) is 3. The second kappa shape index (κ2) is 7.57. The largest absolute Gasteiger partial charge is 0.339 e. The predicted octanol–water partition coefficient (Wildman–Crippen LogP) is 2.58. The molecule has 0 N–H and O–H groups in total. The molecule has 3 rings (SSSR count). The van der Waals surface area contributed by atoms with Crippen molar-refractivity contribution in [1.29, 1.82) is 0 Å². The number of amides is 1. The van der Waals surface area contributed by atoms with Gasteiger partial charge < -0.3 is 9.42 Å². The summed E-state index contributed by atoms with van der Waals surface area (Å²) in [6.07, 6.45) is 2.18. The first-order valence-corrected chi connectivity index (χ1v) is 10.5. The molecule has 1 aliphatic heterocycles. The third-order valence-corrected chi connectivity index (χ3v) is 6.50. The van der Waals surface area contributed by atoms with Gasteiger partial charge in [-0.15, -0.1) is 0 Å². The van der Waals surface area contributed by atoms with Gasteiger partial charge in [-0.3, -0.25) is 4.79 Å². The standard InChI is InChI=1S/C18H23N3O4S/c1-3-11-26(23,24)16-9-5-4-8-15(16)18(22)21-10-6-7-14(12-21)17-19-13(2)20-25-17/h4-5,8-9,14H,3,6-7,10-12H2,1-2H3/t14-/m1/s1. The Labute approximate surface area is 153 Å². The SMILES string of the molecule is CCCS(=O)(=O)c1ccccc1C(=O)N1CCC[C@@H](c2nc(C)no2)C1. The second-order valence-electron chi connectivity index (χ2n) is 6.59. The van der Waals surface area contributed by atoms with Crippen molar-refractivity contribution in [3.05, 3.63) is 41.5 Å². The van der Waals surface area contributed by atoms with Crippen molar-refractivity contribution in [1.82, 2.24) is 15.0 Å². The van der Waals surface area contributed by atoms with Gasteiger partial charge in [0.25, 0.3) is 5.91 Å². The molecule has 0 spiro atoms. The zero-order chi connectivity index (χ0) is 18.7. The van der Waals surface area contributed by atoms with Crippen molar-refractivity contribution >= 4 is 15.7 Å². The number of hydrogen-bond acceptors (Lipinski definition) is 6. The van der Waals surface area contributed by atoms with Crippen molar-refractivity contribution in [3.8, 4) is 0 Å². The molecule has 1 fully saturated rings. The van der Waals surface area contributed by atoms with E-state index < -0.39 is 9.84 Å². The number of sulfone groups is 1. The van der Waals surface area contributed by atoms with Gasteiger partial charge in [-0.1, -0.05) is 24.2 Å². The molecule has 7 nitrogen and oxygen atoms in total. The quantitative estimate of drug-likeness (QED) is 0.795. The van der Waals surface area contributed by atoms with Crippen molar-refractivity contribution in [2.75, 3.05) is 18.8 Å². The van der Waals surface area contributed by atoms with Gasteiger partial charge in [0.1, 0.15) is 0 Å². The van der Waals surface area contributed by atoms with Crippen LogP contribution < -0.4 is 0 Å². The van der Waals surface area contributed by atoms with E-state index in [0.717, 1.165) is 12.8 Å². The van der Waals surface area contributed by atoms with Crippen molar-refractivity contribution in [3.63, 3.8) is 0 Å². The highest BCUT2D eigenvalue weighted by atomic mass is 32.2. The molecule has 140 valence electrons. The summed E-state index contributed by atoms with van der Waals surface area (Å²) in [5.41, 5.74) is 0.239. The average molecular weight is 377 g/mol. The molecule has 0 radical (unpaired) electrons. The smallest absolute Gasteiger partial charge is 0.255 e. The molecule has 8 heteroatoms. The Kier molecular flexibility index (Phi) is 5.41. The Morgan fingerprint density at radius 1 is 1.35 bits per heavy atom. The van der Waals surface area contributed by atoms with E-state index >= 15 is 0 Å². The van der Waals surface area contributed by atoms with Crippen LogP contribution in [0.2, 0.25) is 0 Å². The zero-order valence-electron chi connectivity index (χ0n) is 15.0. The highest BCUT2D eigenvalue weighted by Gasteiger charge is 2.31. The number of rotatable bonds is 5. The number of benzene rings is 1. The molecular formula is C18H23N3O4S. The lowest BCUT2D eigenvalue weighted by atomic mass is 9.97. The van der Waals surface area contributed by atoms with Crippen LogP contribution in [0, 0.1) is 6.92 Å². The first-order valence-electron chi connectivity index (χ1n) is 8.83. The summed E-state index contributed by atoms with van der Waals surface area (Å²) >= 11 is 0. The first-order chi connectivity index (χ1) is 12.4. The van der Waals surface area contributed by atoms with Crippen LogP contribution in [0.25, 0.3) is 0 Å². The molecule has 1 aromatic heterocycles. The van der Waals surface area contributed by atoms with Crippen LogP contribution in [0.5, 0.6) is 0 Å². The summed E-state index contributed by atoms with van der Waals surface area (Å²) < 4.78 is 30.3. The number of carbonyl (C=O) groups is 1. The van der Waals surface area contributed by atoms with Crippen LogP contribution in [-0.2, 0) is 9.84 Å². The minimum absolute atomic E-state index is 0.0201. The molecule has 26 heavy (non-hydrogen) atoms. The highest BCUT2D eigenvalue weighted by Crippen LogP contribution is 2.28. The maximum Gasteiger partial charge on any atom is 0.255 e. The van der Waals surface area contributed by atoms with Gasteiger partial charge in [0.2, 0.25) is 5.89 Å². The third kappa shape index (κ3) is 3.80. The lowest BCUT2D eigenvalue weighted by Gasteiger charge is -2.31. The predicted molar refractivity (Wildman–Crippen MR) is 95.7 cm³/mol. The molecule has 1 saturated heterocycles. The van der Waals surface area contributed by atoms with E-state index in [1.54, 1.807) is 30.0 Å². The summed E-state index contributed by atoms with van der Waals surface area (Å²) in [5.74, 6) is 0.849. The van der Waals surface area contributed by atoms with Gasteiger partial charge in [0.05, 0.1) is 22.1 Å². The number of hydrogen-bond donors (Lipinski definition) is 0. The minimum Gasteiger partial charge on any atom is -0.339 e. The lowest BCUT2D eigenvalue weighted by molar-refractivity contribution is 0.0691. The van der Waals surface area contributed by atoms with Crippen LogP contribution in [0.15, 0.2) is 33.7 Å². The fourth-order valence-electron chi connectivity index (χ4n) is 3.31. The third-order valence-electron chi connectivity index (χ3n) is 4.53. The molecule has 1 amide bonds. The molecule has 0 saturated carbocycles. The number of aryl methyl sites for hydroxylation is 1. The first kappa shape index (κ1) is 18.6. The van der Waals surface area contributed by atoms with E-state index in [-0.39, 0.29) is 28.0 Å². The summed E-state index contributed by atoms with van der Waals surface area (Å²) in [5, 5.41) is 3.82. The summed E-state index contributed by atoms with van der Waals surface area (Å²) in [6, 6.07) is 6.45. The van der Waals surface area contributed by atoms with Crippen LogP contribution >= 0.6 is 0 Å². The molecule has 1 aliphatic rings. The Hall–Kier alpha value is -2.22. The average Bonchev–Trinajstić information content (AvgIpc) is 3.08. The van der Waals surface area contributed by atoms with Gasteiger partial charge in [0, 0.05) is 13.1 Å². The van der Waals surface area contributed by atoms with Crippen LogP contribution in [0.1, 0.15) is 54.2 Å². The normalized spacial score (nSPS) is 18.1. The van der Waals surface area contributed by atoms with Crippen molar-refractivity contribution < 1.29 is 17.7 Å². The van der Waals surface area contributed by atoms with Crippen LogP contribution in [0.3, 0.4) is 0 Å². The molecule has 0 aliphatic carbocycles. The molecular weight excluding hydrogens is 354 g/mol. The van der Waals surface area contributed by atoms with E-state index in [9.17, 15) is 13.2 Å². The zero-order valence-corrected chi connectivity index (χ0v) is 15.8. The van der Waals surface area contributed by atoms with Crippen LogP contribution in [0.4, 0.5) is 0 Å².